The minimum Gasteiger partial charge on any atom is -0.288 e. The van der Waals surface area contributed by atoms with Gasteiger partial charge in [-0.3, -0.25) is 25.0 Å². The first-order chi connectivity index (χ1) is 9.00. The number of carbonyl (C=O) groups is 2. The van der Waals surface area contributed by atoms with Crippen molar-refractivity contribution >= 4 is 44.2 Å². The molecule has 1 heterocycles. The summed E-state index contributed by atoms with van der Waals surface area (Å²) in [5, 5.41) is 14.1. The van der Waals surface area contributed by atoms with E-state index >= 15 is 0 Å². The second-order valence-electron chi connectivity index (χ2n) is 4.03. The average Bonchev–Trinajstić information content (AvgIpc) is 2.37. The summed E-state index contributed by atoms with van der Waals surface area (Å²) in [5.41, 5.74) is 0.270. The molecule has 7 heteroatoms. The third-order valence-electron chi connectivity index (χ3n) is 2.99. The van der Waals surface area contributed by atoms with Crippen LogP contribution in [0.1, 0.15) is 20.7 Å². The van der Waals surface area contributed by atoms with E-state index in [1.807, 2.05) is 0 Å². The van der Waals surface area contributed by atoms with Crippen molar-refractivity contribution in [1.82, 2.24) is 5.32 Å². The summed E-state index contributed by atoms with van der Waals surface area (Å²) in [5.74, 6) is -1.12. The minimum absolute atomic E-state index is 0.139. The number of carbonyl (C=O) groups excluding carboxylic acids is 2. The van der Waals surface area contributed by atoms with Gasteiger partial charge in [0, 0.05) is 22.4 Å². The molecule has 0 bridgehead atoms. The van der Waals surface area contributed by atoms with Crippen molar-refractivity contribution in [3.63, 3.8) is 0 Å². The van der Waals surface area contributed by atoms with Crippen LogP contribution in [0.4, 0.5) is 5.69 Å². The van der Waals surface area contributed by atoms with Crippen LogP contribution in [0.25, 0.3) is 10.8 Å². The molecule has 0 radical (unpaired) electrons. The zero-order valence-electron chi connectivity index (χ0n) is 9.27. The molecule has 2 aromatic rings. The molecule has 0 aromatic heterocycles. The average molecular weight is 321 g/mol. The van der Waals surface area contributed by atoms with E-state index < -0.39 is 16.7 Å². The molecule has 19 heavy (non-hydrogen) atoms. The number of halogens is 1. The Morgan fingerprint density at radius 1 is 1.16 bits per heavy atom. The second kappa shape index (κ2) is 3.86. The first-order valence-corrected chi connectivity index (χ1v) is 6.05. The minimum atomic E-state index is -0.621. The molecule has 2 amide bonds. The quantitative estimate of drug-likeness (QED) is 0.496. The topological polar surface area (TPSA) is 89.3 Å². The molecule has 6 nitrogen and oxygen atoms in total. The molecule has 0 unspecified atom stereocenters. The molecular formula is C12H5BrN2O4. The predicted molar refractivity (Wildman–Crippen MR) is 70.1 cm³/mol. The van der Waals surface area contributed by atoms with E-state index in [0.717, 1.165) is 0 Å². The van der Waals surface area contributed by atoms with E-state index in [-0.39, 0.29) is 15.7 Å². The molecule has 1 N–H and O–H groups in total. The molecule has 3 rings (SSSR count). The number of nitro benzene ring substituents is 1. The van der Waals surface area contributed by atoms with Crippen LogP contribution in [0.3, 0.4) is 0 Å². The van der Waals surface area contributed by atoms with E-state index in [1.54, 1.807) is 18.2 Å². The third kappa shape index (κ3) is 1.55. The number of rotatable bonds is 1. The van der Waals surface area contributed by atoms with Crippen LogP contribution in [0.2, 0.25) is 0 Å². The highest BCUT2D eigenvalue weighted by Gasteiger charge is 2.29. The second-order valence-corrected chi connectivity index (χ2v) is 4.82. The lowest BCUT2D eigenvalue weighted by molar-refractivity contribution is -0.385. The summed E-state index contributed by atoms with van der Waals surface area (Å²) in [6.45, 7) is 0. The molecule has 94 valence electrons. The number of nitrogens with one attached hydrogen (secondary N) is 1. The Balaban J connectivity index is 2.55. The summed E-state index contributed by atoms with van der Waals surface area (Å²) >= 11 is 3.16. The number of imide groups is 1. The SMILES string of the molecule is O=C1NC(=O)c2cc([N+](=O)[O-])c(Br)c3cccc1c23. The molecule has 1 aliphatic rings. The van der Waals surface area contributed by atoms with Gasteiger partial charge in [0.25, 0.3) is 17.5 Å². The van der Waals surface area contributed by atoms with E-state index in [4.69, 9.17) is 0 Å². The smallest absolute Gasteiger partial charge is 0.284 e. The summed E-state index contributed by atoms with van der Waals surface area (Å²) in [6, 6.07) is 6.00. The van der Waals surface area contributed by atoms with Gasteiger partial charge in [0.15, 0.2) is 0 Å². The van der Waals surface area contributed by atoms with Crippen molar-refractivity contribution in [2.45, 2.75) is 0 Å². The van der Waals surface area contributed by atoms with Crippen molar-refractivity contribution < 1.29 is 14.5 Å². The lowest BCUT2D eigenvalue weighted by atomic mass is 9.94. The Bertz CT molecular complexity index is 785. The van der Waals surface area contributed by atoms with E-state index in [2.05, 4.69) is 21.2 Å². The first kappa shape index (κ1) is 11.8. The van der Waals surface area contributed by atoms with Crippen molar-refractivity contribution in [1.29, 1.82) is 0 Å². The van der Waals surface area contributed by atoms with Crippen LogP contribution in [0, 0.1) is 10.1 Å². The van der Waals surface area contributed by atoms with Crippen LogP contribution >= 0.6 is 15.9 Å². The number of amides is 2. The van der Waals surface area contributed by atoms with E-state index in [1.165, 1.54) is 6.07 Å². The van der Waals surface area contributed by atoms with Gasteiger partial charge >= 0.3 is 0 Å². The van der Waals surface area contributed by atoms with Gasteiger partial charge in [0.2, 0.25) is 0 Å². The fourth-order valence-electron chi connectivity index (χ4n) is 2.17. The largest absolute Gasteiger partial charge is 0.288 e. The Morgan fingerprint density at radius 3 is 2.53 bits per heavy atom. The molecule has 0 spiro atoms. The van der Waals surface area contributed by atoms with Gasteiger partial charge in [-0.25, -0.2) is 0 Å². The van der Waals surface area contributed by atoms with Crippen molar-refractivity contribution in [3.8, 4) is 0 Å². The fourth-order valence-corrected chi connectivity index (χ4v) is 2.76. The van der Waals surface area contributed by atoms with Gasteiger partial charge in [-0.15, -0.1) is 0 Å². The lowest BCUT2D eigenvalue weighted by Crippen LogP contribution is -2.34. The molecule has 2 aromatic carbocycles. The first-order valence-electron chi connectivity index (χ1n) is 5.26. The molecule has 0 atom stereocenters. The molecular weight excluding hydrogens is 316 g/mol. The Kier molecular flexibility index (Phi) is 2.39. The normalized spacial score (nSPS) is 13.5. The van der Waals surface area contributed by atoms with Crippen molar-refractivity contribution in [3.05, 3.63) is 50.0 Å². The van der Waals surface area contributed by atoms with E-state index in [9.17, 15) is 19.7 Å². The van der Waals surface area contributed by atoms with E-state index in [0.29, 0.717) is 16.3 Å². The number of nitro groups is 1. The third-order valence-corrected chi connectivity index (χ3v) is 3.82. The van der Waals surface area contributed by atoms with Crippen molar-refractivity contribution in [2.75, 3.05) is 0 Å². The molecule has 0 saturated carbocycles. The zero-order valence-corrected chi connectivity index (χ0v) is 10.9. The van der Waals surface area contributed by atoms with Gasteiger partial charge < -0.3 is 0 Å². The summed E-state index contributed by atoms with van der Waals surface area (Å²) in [7, 11) is 0. The van der Waals surface area contributed by atoms with Gasteiger partial charge in [-0.1, -0.05) is 12.1 Å². The zero-order chi connectivity index (χ0) is 13.7. The number of hydrogen-bond acceptors (Lipinski definition) is 4. The summed E-state index contributed by atoms with van der Waals surface area (Å²) in [6.07, 6.45) is 0. The Labute approximate surface area is 114 Å². The molecule has 1 aliphatic heterocycles. The highest BCUT2D eigenvalue weighted by atomic mass is 79.9. The fraction of sp³-hybridized carbons (Fsp3) is 0. The number of nitrogens with zero attached hydrogens (tertiary/aromatic N) is 1. The van der Waals surface area contributed by atoms with Crippen LogP contribution in [0.5, 0.6) is 0 Å². The molecule has 0 fully saturated rings. The van der Waals surface area contributed by atoms with Crippen LogP contribution < -0.4 is 5.32 Å². The summed E-state index contributed by atoms with van der Waals surface area (Å²) in [4.78, 5) is 33.9. The monoisotopic (exact) mass is 320 g/mol. The van der Waals surface area contributed by atoms with Gasteiger partial charge in [0.1, 0.15) is 4.47 Å². The molecule has 0 saturated heterocycles. The van der Waals surface area contributed by atoms with Crippen LogP contribution in [0.15, 0.2) is 28.7 Å². The number of hydrogen-bond donors (Lipinski definition) is 1. The summed E-state index contributed by atoms with van der Waals surface area (Å²) < 4.78 is 0.264. The highest BCUT2D eigenvalue weighted by Crippen LogP contribution is 2.38. The van der Waals surface area contributed by atoms with Gasteiger partial charge in [-0.05, 0) is 22.0 Å². The Morgan fingerprint density at radius 2 is 1.84 bits per heavy atom. The highest BCUT2D eigenvalue weighted by molar-refractivity contribution is 9.10. The maximum atomic E-state index is 11.8. The van der Waals surface area contributed by atoms with Crippen LogP contribution in [-0.2, 0) is 0 Å². The van der Waals surface area contributed by atoms with Gasteiger partial charge in [-0.2, -0.15) is 0 Å². The maximum absolute atomic E-state index is 11.8. The van der Waals surface area contributed by atoms with Crippen molar-refractivity contribution in [2.24, 2.45) is 0 Å². The molecule has 0 aliphatic carbocycles. The van der Waals surface area contributed by atoms with Gasteiger partial charge in [0.05, 0.1) is 10.5 Å². The maximum Gasteiger partial charge on any atom is 0.284 e. The standard InChI is InChI=1S/C12H5BrN2O4/c13-10-5-2-1-3-6-9(5)7(4-8(10)15(18)19)12(17)14-11(6)16/h1-4H,(H,14,16,17). The van der Waals surface area contributed by atoms with Crippen LogP contribution in [-0.4, -0.2) is 16.7 Å². The number of benzene rings is 2. The lowest BCUT2D eigenvalue weighted by Gasteiger charge is -2.17. The Hall–Kier alpha value is -2.28. The predicted octanol–water partition coefficient (Wildman–Crippen LogP) is 2.39.